The number of amides is 3. The van der Waals surface area contributed by atoms with Crippen LogP contribution in [0.1, 0.15) is 35.9 Å². The molecule has 2 aromatic carbocycles. The van der Waals surface area contributed by atoms with E-state index in [1.165, 1.54) is 36.0 Å². The van der Waals surface area contributed by atoms with Gasteiger partial charge in [-0.25, -0.2) is 4.79 Å². The van der Waals surface area contributed by atoms with Gasteiger partial charge in [0.05, 0.1) is 22.1 Å². The van der Waals surface area contributed by atoms with Gasteiger partial charge < -0.3 is 14.5 Å². The van der Waals surface area contributed by atoms with Crippen LogP contribution in [0.4, 0.5) is 10.5 Å². The van der Waals surface area contributed by atoms with Crippen molar-refractivity contribution in [3.63, 3.8) is 0 Å². The van der Waals surface area contributed by atoms with E-state index in [0.29, 0.717) is 10.9 Å². The second-order valence-corrected chi connectivity index (χ2v) is 10.6. The van der Waals surface area contributed by atoms with Crippen molar-refractivity contribution in [2.45, 2.75) is 29.8 Å². The number of imide groups is 1. The number of nitrogens with one attached hydrogen (secondary N) is 1. The van der Waals surface area contributed by atoms with Crippen LogP contribution in [0.2, 0.25) is 5.02 Å². The zero-order valence-electron chi connectivity index (χ0n) is 20.3. The Kier molecular flexibility index (Phi) is 9.33. The maximum Gasteiger partial charge on any atom is 0.339 e. The van der Waals surface area contributed by atoms with Gasteiger partial charge in [0.15, 0.2) is 5.09 Å². The zero-order valence-corrected chi connectivity index (χ0v) is 22.7. The number of carbonyl (C=O) groups is 4. The third-order valence-corrected chi connectivity index (χ3v) is 7.38. The van der Waals surface area contributed by atoms with Crippen molar-refractivity contribution in [1.29, 1.82) is 0 Å². The summed E-state index contributed by atoms with van der Waals surface area (Å²) in [5.41, 5.74) is 0.390. The van der Waals surface area contributed by atoms with Gasteiger partial charge in [-0.05, 0) is 60.6 Å². The number of esters is 1. The lowest BCUT2D eigenvalue weighted by Gasteiger charge is -2.13. The Morgan fingerprint density at radius 3 is 2.68 bits per heavy atom. The first-order chi connectivity index (χ1) is 18.3. The van der Waals surface area contributed by atoms with Crippen molar-refractivity contribution in [3.8, 4) is 0 Å². The number of ether oxygens (including phenoxy) is 1. The van der Waals surface area contributed by atoms with Crippen molar-refractivity contribution in [3.05, 3.63) is 81.9 Å². The van der Waals surface area contributed by atoms with Gasteiger partial charge in [0.1, 0.15) is 12.3 Å². The Hall–Kier alpha value is -3.47. The van der Waals surface area contributed by atoms with E-state index in [4.69, 9.17) is 20.8 Å². The SMILES string of the molecule is CCCCOC(=O)c1cc(NC(=O)CN2C(=O)S/C(=C\c3ccc(Sc4ccccc4)o3)C2=O)ccc1Cl. The minimum Gasteiger partial charge on any atom is -0.462 e. The molecule has 8 nitrogen and oxygen atoms in total. The van der Waals surface area contributed by atoms with Gasteiger partial charge in [-0.3, -0.25) is 19.3 Å². The van der Waals surface area contributed by atoms with Crippen LogP contribution in [-0.2, 0) is 14.3 Å². The molecule has 1 N–H and O–H groups in total. The summed E-state index contributed by atoms with van der Waals surface area (Å²) in [5.74, 6) is -1.39. The molecule has 38 heavy (non-hydrogen) atoms. The quantitative estimate of drug-likeness (QED) is 0.163. The number of nitrogens with zero attached hydrogens (tertiary/aromatic N) is 1. The number of carbonyl (C=O) groups excluding carboxylic acids is 4. The molecule has 0 saturated carbocycles. The highest BCUT2D eigenvalue weighted by Crippen LogP contribution is 2.34. The summed E-state index contributed by atoms with van der Waals surface area (Å²) in [6, 6.07) is 17.5. The fourth-order valence-electron chi connectivity index (χ4n) is 3.33. The van der Waals surface area contributed by atoms with E-state index in [1.807, 2.05) is 37.3 Å². The van der Waals surface area contributed by atoms with Crippen LogP contribution in [-0.4, -0.2) is 41.1 Å². The third kappa shape index (κ3) is 7.09. The Morgan fingerprint density at radius 2 is 1.92 bits per heavy atom. The molecule has 0 unspecified atom stereocenters. The molecule has 0 aliphatic carbocycles. The molecule has 3 aromatic rings. The summed E-state index contributed by atoms with van der Waals surface area (Å²) in [6.07, 6.45) is 3.07. The van der Waals surface area contributed by atoms with Crippen molar-refractivity contribution in [2.75, 3.05) is 18.5 Å². The first kappa shape index (κ1) is 27.6. The molecule has 1 aliphatic heterocycles. The molecule has 196 valence electrons. The third-order valence-electron chi connectivity index (χ3n) is 5.21. The first-order valence-electron chi connectivity index (χ1n) is 11.7. The van der Waals surface area contributed by atoms with Crippen molar-refractivity contribution >= 4 is 69.9 Å². The summed E-state index contributed by atoms with van der Waals surface area (Å²) in [5, 5.41) is 2.84. The second kappa shape index (κ2) is 12.9. The molecule has 0 bridgehead atoms. The van der Waals surface area contributed by atoms with E-state index >= 15 is 0 Å². The molecule has 4 rings (SSSR count). The highest BCUT2D eigenvalue weighted by Gasteiger charge is 2.36. The van der Waals surface area contributed by atoms with Crippen LogP contribution < -0.4 is 5.32 Å². The number of rotatable bonds is 10. The lowest BCUT2D eigenvalue weighted by atomic mass is 10.2. The predicted molar refractivity (Wildman–Crippen MR) is 147 cm³/mol. The first-order valence-corrected chi connectivity index (χ1v) is 13.7. The zero-order chi connectivity index (χ0) is 27.1. The summed E-state index contributed by atoms with van der Waals surface area (Å²) < 4.78 is 10.9. The van der Waals surface area contributed by atoms with Gasteiger partial charge in [-0.2, -0.15) is 0 Å². The molecule has 2 heterocycles. The molecule has 1 aromatic heterocycles. The number of unbranched alkanes of at least 4 members (excludes halogenated alkanes) is 1. The van der Waals surface area contributed by atoms with E-state index in [1.54, 1.807) is 12.1 Å². The Balaban J connectivity index is 1.37. The number of anilines is 1. The molecule has 0 radical (unpaired) electrons. The lowest BCUT2D eigenvalue weighted by Crippen LogP contribution is -2.36. The fourth-order valence-corrected chi connectivity index (χ4v) is 5.14. The average Bonchev–Trinajstić information content (AvgIpc) is 3.44. The van der Waals surface area contributed by atoms with Gasteiger partial charge in [0.2, 0.25) is 5.91 Å². The molecule has 1 aliphatic rings. The smallest absolute Gasteiger partial charge is 0.339 e. The molecule has 11 heteroatoms. The number of furan rings is 1. The Morgan fingerprint density at radius 1 is 1.13 bits per heavy atom. The molecule has 0 atom stereocenters. The van der Waals surface area contributed by atoms with E-state index in [9.17, 15) is 19.2 Å². The Bertz CT molecular complexity index is 1390. The van der Waals surface area contributed by atoms with Crippen LogP contribution in [0, 0.1) is 0 Å². The minimum absolute atomic E-state index is 0.109. The van der Waals surface area contributed by atoms with Crippen LogP contribution in [0.3, 0.4) is 0 Å². The topological polar surface area (TPSA) is 106 Å². The number of benzene rings is 2. The standard InChI is InChI=1S/C27H23ClN2O6S2/c1-2-3-13-35-26(33)20-14-17(9-11-21(20)28)29-23(31)16-30-25(32)22(38-27(30)34)15-18-10-12-24(36-18)37-19-7-5-4-6-8-19/h4-12,14-15H,2-3,13,16H2,1H3,(H,29,31)/b22-15-. The lowest BCUT2D eigenvalue weighted by molar-refractivity contribution is -0.127. The highest BCUT2D eigenvalue weighted by molar-refractivity contribution is 8.18. The summed E-state index contributed by atoms with van der Waals surface area (Å²) in [4.78, 5) is 52.2. The number of hydrogen-bond donors (Lipinski definition) is 1. The van der Waals surface area contributed by atoms with E-state index < -0.39 is 29.6 Å². The minimum atomic E-state index is -0.610. The molecule has 0 spiro atoms. The van der Waals surface area contributed by atoms with Crippen molar-refractivity contribution in [2.24, 2.45) is 0 Å². The van der Waals surface area contributed by atoms with Crippen molar-refractivity contribution < 1.29 is 28.3 Å². The maximum absolute atomic E-state index is 12.8. The number of hydrogen-bond acceptors (Lipinski definition) is 8. The van der Waals surface area contributed by atoms with Gasteiger partial charge in [-0.15, -0.1) is 0 Å². The van der Waals surface area contributed by atoms with E-state index in [0.717, 1.165) is 34.4 Å². The van der Waals surface area contributed by atoms with Gasteiger partial charge in [0.25, 0.3) is 11.1 Å². The van der Waals surface area contributed by atoms with Crippen LogP contribution in [0.15, 0.2) is 80.0 Å². The molecular formula is C27H23ClN2O6S2. The summed E-state index contributed by atoms with van der Waals surface area (Å²) in [7, 11) is 0. The van der Waals surface area contributed by atoms with Crippen LogP contribution in [0.5, 0.6) is 0 Å². The van der Waals surface area contributed by atoms with Crippen LogP contribution in [0.25, 0.3) is 6.08 Å². The number of thioether (sulfide) groups is 1. The molecule has 1 saturated heterocycles. The average molecular weight is 571 g/mol. The van der Waals surface area contributed by atoms with Crippen LogP contribution >= 0.6 is 35.1 Å². The summed E-state index contributed by atoms with van der Waals surface area (Å²) >= 11 is 8.27. The normalized spacial score (nSPS) is 14.3. The van der Waals surface area contributed by atoms with Crippen molar-refractivity contribution in [1.82, 2.24) is 4.90 Å². The summed E-state index contributed by atoms with van der Waals surface area (Å²) in [6.45, 7) is 1.75. The monoisotopic (exact) mass is 570 g/mol. The van der Waals surface area contributed by atoms with Gasteiger partial charge in [0, 0.05) is 16.7 Å². The second-order valence-electron chi connectivity index (χ2n) is 8.07. The Labute approximate surface area is 232 Å². The maximum atomic E-state index is 12.8. The van der Waals surface area contributed by atoms with Gasteiger partial charge in [-0.1, -0.05) is 54.9 Å². The van der Waals surface area contributed by atoms with Gasteiger partial charge >= 0.3 is 5.97 Å². The largest absolute Gasteiger partial charge is 0.462 e. The number of halogens is 1. The highest BCUT2D eigenvalue weighted by atomic mass is 35.5. The molecule has 3 amide bonds. The molecule has 1 fully saturated rings. The van der Waals surface area contributed by atoms with E-state index in [2.05, 4.69) is 5.32 Å². The fraction of sp³-hybridized carbons (Fsp3) is 0.185. The van der Waals surface area contributed by atoms with E-state index in [-0.39, 0.29) is 27.8 Å². The predicted octanol–water partition coefficient (Wildman–Crippen LogP) is 6.72. The molecular weight excluding hydrogens is 548 g/mol.